The Bertz CT molecular complexity index is 768. The number of para-hydroxylation sites is 1. The van der Waals surface area contributed by atoms with Crippen molar-refractivity contribution in [3.8, 4) is 0 Å². The van der Waals surface area contributed by atoms with Crippen LogP contribution in [0.25, 0.3) is 0 Å². The van der Waals surface area contributed by atoms with Crippen LogP contribution in [0.4, 0.5) is 11.4 Å². The molecule has 25 heavy (non-hydrogen) atoms. The third-order valence-electron chi connectivity index (χ3n) is 5.19. The van der Waals surface area contributed by atoms with Crippen LogP contribution in [0.5, 0.6) is 0 Å². The second-order valence-electron chi connectivity index (χ2n) is 6.88. The van der Waals surface area contributed by atoms with E-state index >= 15 is 0 Å². The molecule has 3 heterocycles. The van der Waals surface area contributed by atoms with Crippen LogP contribution in [-0.4, -0.2) is 55.6 Å². The van der Waals surface area contributed by atoms with E-state index in [1.54, 1.807) is 6.20 Å². The van der Waals surface area contributed by atoms with Crippen molar-refractivity contribution >= 4 is 17.3 Å². The molecule has 1 fully saturated rings. The Hall–Kier alpha value is -2.40. The highest BCUT2D eigenvalue weighted by Crippen LogP contribution is 2.28. The molecule has 2 aliphatic heterocycles. The maximum atomic E-state index is 13.1. The Labute approximate surface area is 148 Å². The lowest BCUT2D eigenvalue weighted by Crippen LogP contribution is -2.44. The number of anilines is 2. The zero-order valence-corrected chi connectivity index (χ0v) is 14.7. The number of aromatic nitrogens is 1. The average molecular weight is 336 g/mol. The Morgan fingerprint density at radius 3 is 2.68 bits per heavy atom. The first-order valence-corrected chi connectivity index (χ1v) is 9.02. The SMILES string of the molecule is CN1CCN(c2ccnc(C(=O)N3CCCc4ccccc43)c2)CC1. The van der Waals surface area contributed by atoms with Crippen LogP contribution in [0.15, 0.2) is 42.6 Å². The summed E-state index contributed by atoms with van der Waals surface area (Å²) < 4.78 is 0. The fourth-order valence-corrected chi connectivity index (χ4v) is 3.68. The lowest BCUT2D eigenvalue weighted by Gasteiger charge is -2.34. The average Bonchev–Trinajstić information content (AvgIpc) is 2.68. The van der Waals surface area contributed by atoms with Gasteiger partial charge in [-0.15, -0.1) is 0 Å². The number of amides is 1. The standard InChI is InChI=1S/C20H24N4O/c1-22-11-13-23(14-12-22)17-8-9-21-18(15-17)20(25)24-10-4-6-16-5-2-3-7-19(16)24/h2-3,5,7-9,15H,4,6,10-14H2,1H3. The molecule has 1 aromatic heterocycles. The molecule has 5 nitrogen and oxygen atoms in total. The van der Waals surface area contributed by atoms with Crippen molar-refractivity contribution in [1.82, 2.24) is 9.88 Å². The van der Waals surface area contributed by atoms with Gasteiger partial charge in [-0.2, -0.15) is 0 Å². The molecule has 0 spiro atoms. The summed E-state index contributed by atoms with van der Waals surface area (Å²) in [5, 5.41) is 0. The van der Waals surface area contributed by atoms with E-state index < -0.39 is 0 Å². The van der Waals surface area contributed by atoms with E-state index in [1.807, 2.05) is 35.2 Å². The highest BCUT2D eigenvalue weighted by molar-refractivity contribution is 6.05. The van der Waals surface area contributed by atoms with Crippen molar-refractivity contribution < 1.29 is 4.79 Å². The summed E-state index contributed by atoms with van der Waals surface area (Å²) in [6.07, 6.45) is 3.80. The molecule has 0 unspecified atom stereocenters. The number of carbonyl (C=O) groups excluding carboxylic acids is 1. The molecule has 0 saturated carbocycles. The molecule has 0 radical (unpaired) electrons. The lowest BCUT2D eigenvalue weighted by molar-refractivity contribution is 0.0980. The van der Waals surface area contributed by atoms with Crippen LogP contribution in [0.1, 0.15) is 22.5 Å². The van der Waals surface area contributed by atoms with Crippen LogP contribution >= 0.6 is 0 Å². The van der Waals surface area contributed by atoms with E-state index in [1.165, 1.54) is 5.56 Å². The van der Waals surface area contributed by atoms with Gasteiger partial charge in [0.25, 0.3) is 5.91 Å². The number of benzene rings is 1. The number of rotatable bonds is 2. The smallest absolute Gasteiger partial charge is 0.276 e. The van der Waals surface area contributed by atoms with Crippen molar-refractivity contribution in [2.45, 2.75) is 12.8 Å². The molecule has 130 valence electrons. The molecule has 0 atom stereocenters. The van der Waals surface area contributed by atoms with Gasteiger partial charge in [0.2, 0.25) is 0 Å². The van der Waals surface area contributed by atoms with Gasteiger partial charge in [-0.3, -0.25) is 9.78 Å². The number of hydrogen-bond acceptors (Lipinski definition) is 4. The Balaban J connectivity index is 1.58. The van der Waals surface area contributed by atoms with Crippen molar-refractivity contribution in [1.29, 1.82) is 0 Å². The van der Waals surface area contributed by atoms with Gasteiger partial charge in [-0.05, 0) is 43.7 Å². The molecule has 1 amide bonds. The first kappa shape index (κ1) is 16.1. The van der Waals surface area contributed by atoms with Crippen molar-refractivity contribution in [2.24, 2.45) is 0 Å². The summed E-state index contributed by atoms with van der Waals surface area (Å²) in [7, 11) is 2.15. The molecule has 2 aromatic rings. The van der Waals surface area contributed by atoms with E-state index in [0.29, 0.717) is 5.69 Å². The highest BCUT2D eigenvalue weighted by atomic mass is 16.2. The molecular formula is C20H24N4O. The molecule has 1 saturated heterocycles. The number of carbonyl (C=O) groups is 1. The molecule has 1 aromatic carbocycles. The van der Waals surface area contributed by atoms with Gasteiger partial charge in [-0.1, -0.05) is 18.2 Å². The second kappa shape index (κ2) is 6.84. The van der Waals surface area contributed by atoms with Crippen LogP contribution < -0.4 is 9.80 Å². The maximum Gasteiger partial charge on any atom is 0.276 e. The minimum atomic E-state index is 0.00290. The topological polar surface area (TPSA) is 39.7 Å². The number of pyridine rings is 1. The number of piperazine rings is 1. The van der Waals surface area contributed by atoms with Crippen molar-refractivity contribution in [3.05, 3.63) is 53.9 Å². The molecule has 0 aliphatic carbocycles. The summed E-state index contributed by atoms with van der Waals surface area (Å²) >= 11 is 0. The Morgan fingerprint density at radius 2 is 1.84 bits per heavy atom. The van der Waals surface area contributed by atoms with Crippen LogP contribution in [-0.2, 0) is 6.42 Å². The molecule has 0 N–H and O–H groups in total. The van der Waals surface area contributed by atoms with Crippen molar-refractivity contribution in [3.63, 3.8) is 0 Å². The van der Waals surface area contributed by atoms with Gasteiger partial charge in [0.05, 0.1) is 0 Å². The van der Waals surface area contributed by atoms with E-state index in [4.69, 9.17) is 0 Å². The monoisotopic (exact) mass is 336 g/mol. The molecule has 5 heteroatoms. The number of hydrogen-bond donors (Lipinski definition) is 0. The third-order valence-corrected chi connectivity index (χ3v) is 5.19. The van der Waals surface area contributed by atoms with Gasteiger partial charge in [0.15, 0.2) is 0 Å². The Kier molecular flexibility index (Phi) is 4.40. The van der Waals surface area contributed by atoms with E-state index in [2.05, 4.69) is 27.9 Å². The predicted molar refractivity (Wildman–Crippen MR) is 100 cm³/mol. The summed E-state index contributed by atoms with van der Waals surface area (Å²) in [6.45, 7) is 4.83. The number of nitrogens with zero attached hydrogens (tertiary/aromatic N) is 4. The zero-order chi connectivity index (χ0) is 17.2. The molecule has 4 rings (SSSR count). The quantitative estimate of drug-likeness (QED) is 0.844. The summed E-state index contributed by atoms with van der Waals surface area (Å²) in [5.74, 6) is 0.00290. The van der Waals surface area contributed by atoms with Gasteiger partial charge >= 0.3 is 0 Å². The van der Waals surface area contributed by atoms with Gasteiger partial charge in [0.1, 0.15) is 5.69 Å². The fraction of sp³-hybridized carbons (Fsp3) is 0.400. The Morgan fingerprint density at radius 1 is 1.04 bits per heavy atom. The summed E-state index contributed by atoms with van der Waals surface area (Å²) in [4.78, 5) is 24.0. The third kappa shape index (κ3) is 3.24. The largest absolute Gasteiger partial charge is 0.369 e. The maximum absolute atomic E-state index is 13.1. The second-order valence-corrected chi connectivity index (χ2v) is 6.88. The van der Waals surface area contributed by atoms with E-state index in [9.17, 15) is 4.79 Å². The fourth-order valence-electron chi connectivity index (χ4n) is 3.68. The minimum Gasteiger partial charge on any atom is -0.369 e. The first-order valence-electron chi connectivity index (χ1n) is 9.02. The normalized spacial score (nSPS) is 18.1. The van der Waals surface area contributed by atoms with Crippen LogP contribution in [0.2, 0.25) is 0 Å². The lowest BCUT2D eigenvalue weighted by atomic mass is 10.0. The van der Waals surface area contributed by atoms with Crippen LogP contribution in [0.3, 0.4) is 0 Å². The predicted octanol–water partition coefficient (Wildman–Crippen LogP) is 2.43. The van der Waals surface area contributed by atoms with Gasteiger partial charge in [0, 0.05) is 50.3 Å². The molecule has 2 aliphatic rings. The van der Waals surface area contributed by atoms with Gasteiger partial charge < -0.3 is 14.7 Å². The molecule has 0 bridgehead atoms. The zero-order valence-electron chi connectivity index (χ0n) is 14.7. The highest BCUT2D eigenvalue weighted by Gasteiger charge is 2.25. The number of fused-ring (bicyclic) bond motifs is 1. The van der Waals surface area contributed by atoms with Crippen LogP contribution in [0, 0.1) is 0 Å². The summed E-state index contributed by atoms with van der Waals surface area (Å²) in [6, 6.07) is 12.1. The number of likely N-dealkylation sites (N-methyl/N-ethyl adjacent to an activating group) is 1. The van der Waals surface area contributed by atoms with Crippen molar-refractivity contribution in [2.75, 3.05) is 49.6 Å². The van der Waals surface area contributed by atoms with Gasteiger partial charge in [-0.25, -0.2) is 0 Å². The number of aryl methyl sites for hydroxylation is 1. The summed E-state index contributed by atoms with van der Waals surface area (Å²) in [5.41, 5.74) is 3.91. The molecular weight excluding hydrogens is 312 g/mol. The van der Waals surface area contributed by atoms with E-state index in [0.717, 1.165) is 56.9 Å². The first-order chi connectivity index (χ1) is 12.2. The minimum absolute atomic E-state index is 0.00290. The van der Waals surface area contributed by atoms with E-state index in [-0.39, 0.29) is 5.91 Å².